The van der Waals surface area contributed by atoms with Crippen molar-refractivity contribution in [2.45, 2.75) is 51.2 Å². The average molecular weight is 483 g/mol. The monoisotopic (exact) mass is 482 g/mol. The third-order valence-corrected chi connectivity index (χ3v) is 6.22. The first-order valence-corrected chi connectivity index (χ1v) is 11.8. The van der Waals surface area contributed by atoms with E-state index in [1.807, 2.05) is 6.92 Å². The molecule has 2 rings (SSSR count). The molecule has 0 radical (unpaired) electrons. The van der Waals surface area contributed by atoms with Crippen molar-refractivity contribution < 1.29 is 27.5 Å². The number of amides is 1. The fourth-order valence-corrected chi connectivity index (χ4v) is 4.57. The van der Waals surface area contributed by atoms with Crippen LogP contribution < -0.4 is 14.8 Å². The van der Waals surface area contributed by atoms with E-state index in [-0.39, 0.29) is 15.5 Å². The van der Waals surface area contributed by atoms with E-state index in [2.05, 4.69) is 10.0 Å². The van der Waals surface area contributed by atoms with Gasteiger partial charge in [0.2, 0.25) is 10.0 Å². The highest BCUT2D eigenvalue weighted by Crippen LogP contribution is 2.24. The number of sulfonamides is 1. The molecule has 1 amide bonds. The van der Waals surface area contributed by atoms with Crippen LogP contribution in [-0.2, 0) is 19.6 Å². The lowest BCUT2D eigenvalue weighted by molar-refractivity contribution is -0.123. The molecule has 2 aromatic carbocycles. The molecule has 0 saturated heterocycles. The van der Waals surface area contributed by atoms with Gasteiger partial charge >= 0.3 is 5.97 Å². The summed E-state index contributed by atoms with van der Waals surface area (Å²) >= 11 is 6.05. The quantitative estimate of drug-likeness (QED) is 0.550. The summed E-state index contributed by atoms with van der Waals surface area (Å²) in [5.41, 5.74) is -0.287. The van der Waals surface area contributed by atoms with Gasteiger partial charge in [0.25, 0.3) is 5.91 Å². The van der Waals surface area contributed by atoms with Crippen LogP contribution >= 0.6 is 11.6 Å². The number of carbonyl (C=O) groups excluding carboxylic acids is 2. The number of rotatable bonds is 8. The number of ether oxygens (including phenoxy) is 2. The largest absolute Gasteiger partial charge is 0.494 e. The molecule has 1 atom stereocenters. The van der Waals surface area contributed by atoms with Gasteiger partial charge in [0, 0.05) is 11.2 Å². The zero-order chi connectivity index (χ0) is 24.1. The highest BCUT2D eigenvalue weighted by molar-refractivity contribution is 7.89. The summed E-state index contributed by atoms with van der Waals surface area (Å²) in [7, 11) is -3.98. The minimum absolute atomic E-state index is 0.0420. The summed E-state index contributed by atoms with van der Waals surface area (Å²) in [5, 5.41) is 2.60. The maximum Gasteiger partial charge on any atom is 0.338 e. The Kier molecular flexibility index (Phi) is 8.28. The standard InChI is InChI=1S/C22H27ClN2O6S/c1-6-30-17-10-8-16(9-11-17)24-20(26)14(2)31-21(27)15-7-12-18(23)19(13-15)32(28,29)25-22(3,4)5/h7-14,25H,6H2,1-5H3,(H,24,26). The number of benzene rings is 2. The van der Waals surface area contributed by atoms with Gasteiger partial charge in [0.1, 0.15) is 10.6 Å². The summed E-state index contributed by atoms with van der Waals surface area (Å²) in [6.45, 7) is 8.85. The second-order valence-corrected chi connectivity index (χ2v) is 10.1. The van der Waals surface area contributed by atoms with E-state index in [1.54, 1.807) is 45.0 Å². The lowest BCUT2D eigenvalue weighted by Gasteiger charge is -2.21. The van der Waals surface area contributed by atoms with Crippen LogP contribution in [0.2, 0.25) is 5.02 Å². The van der Waals surface area contributed by atoms with E-state index in [0.717, 1.165) is 6.07 Å². The first kappa shape index (κ1) is 25.6. The van der Waals surface area contributed by atoms with Gasteiger partial charge in [-0.15, -0.1) is 0 Å². The minimum atomic E-state index is -3.98. The number of halogens is 1. The summed E-state index contributed by atoms with van der Waals surface area (Å²) in [5.74, 6) is -0.735. The molecule has 8 nitrogen and oxygen atoms in total. The Morgan fingerprint density at radius 2 is 1.72 bits per heavy atom. The normalized spacial score (nSPS) is 12.7. The van der Waals surface area contributed by atoms with Crippen LogP contribution in [0.25, 0.3) is 0 Å². The zero-order valence-electron chi connectivity index (χ0n) is 18.6. The van der Waals surface area contributed by atoms with Crippen molar-refractivity contribution in [1.82, 2.24) is 4.72 Å². The molecule has 174 valence electrons. The van der Waals surface area contributed by atoms with Crippen molar-refractivity contribution in [1.29, 1.82) is 0 Å². The highest BCUT2D eigenvalue weighted by atomic mass is 35.5. The highest BCUT2D eigenvalue weighted by Gasteiger charge is 2.26. The summed E-state index contributed by atoms with van der Waals surface area (Å²) < 4.78 is 38.3. The summed E-state index contributed by atoms with van der Waals surface area (Å²) in [4.78, 5) is 24.7. The maximum absolute atomic E-state index is 12.6. The molecule has 0 heterocycles. The first-order chi connectivity index (χ1) is 14.8. The molecule has 2 aromatic rings. The number of esters is 1. The second kappa shape index (κ2) is 10.3. The Bertz CT molecular complexity index is 1080. The lowest BCUT2D eigenvalue weighted by atomic mass is 10.1. The molecular formula is C22H27ClN2O6S. The van der Waals surface area contributed by atoms with Gasteiger partial charge in [0.15, 0.2) is 6.10 Å². The third kappa shape index (κ3) is 7.22. The number of hydrogen-bond acceptors (Lipinski definition) is 6. The lowest BCUT2D eigenvalue weighted by Crippen LogP contribution is -2.40. The molecule has 0 aromatic heterocycles. The molecule has 0 spiro atoms. The summed E-state index contributed by atoms with van der Waals surface area (Å²) in [6.07, 6.45) is -1.13. The Labute approximate surface area is 193 Å². The Morgan fingerprint density at radius 1 is 1.09 bits per heavy atom. The molecule has 0 aliphatic rings. The van der Waals surface area contributed by atoms with Gasteiger partial charge in [0.05, 0.1) is 17.2 Å². The fourth-order valence-electron chi connectivity index (χ4n) is 2.62. The molecule has 0 saturated carbocycles. The molecule has 32 heavy (non-hydrogen) atoms. The number of anilines is 1. The van der Waals surface area contributed by atoms with Crippen LogP contribution in [0.3, 0.4) is 0 Å². The van der Waals surface area contributed by atoms with E-state index in [0.29, 0.717) is 18.0 Å². The van der Waals surface area contributed by atoms with Crippen molar-refractivity contribution in [3.63, 3.8) is 0 Å². The van der Waals surface area contributed by atoms with E-state index in [4.69, 9.17) is 21.1 Å². The second-order valence-electron chi connectivity index (χ2n) is 7.99. The number of carbonyl (C=O) groups is 2. The van der Waals surface area contributed by atoms with E-state index >= 15 is 0 Å². The van der Waals surface area contributed by atoms with Crippen LogP contribution in [0.5, 0.6) is 5.75 Å². The number of nitrogens with one attached hydrogen (secondary N) is 2. The fraction of sp³-hybridized carbons (Fsp3) is 0.364. The third-order valence-electron chi connectivity index (χ3n) is 3.98. The summed E-state index contributed by atoms with van der Waals surface area (Å²) in [6, 6.07) is 10.5. The predicted molar refractivity (Wildman–Crippen MR) is 123 cm³/mol. The Hall–Kier alpha value is -2.62. The molecule has 10 heteroatoms. The Balaban J connectivity index is 2.10. The molecule has 0 bridgehead atoms. The average Bonchev–Trinajstić information content (AvgIpc) is 2.67. The van der Waals surface area contributed by atoms with Crippen LogP contribution in [0, 0.1) is 0 Å². The van der Waals surface area contributed by atoms with Gasteiger partial charge in [-0.05, 0) is 77.1 Å². The first-order valence-electron chi connectivity index (χ1n) is 9.90. The molecule has 1 unspecified atom stereocenters. The van der Waals surface area contributed by atoms with Gasteiger partial charge < -0.3 is 14.8 Å². The number of hydrogen-bond donors (Lipinski definition) is 2. The van der Waals surface area contributed by atoms with E-state index < -0.39 is 33.5 Å². The van der Waals surface area contributed by atoms with Gasteiger partial charge in [-0.3, -0.25) is 4.79 Å². The van der Waals surface area contributed by atoms with Gasteiger partial charge in [-0.2, -0.15) is 0 Å². The molecule has 0 fully saturated rings. The maximum atomic E-state index is 12.6. The van der Waals surface area contributed by atoms with E-state index in [1.165, 1.54) is 19.1 Å². The zero-order valence-corrected chi connectivity index (χ0v) is 20.1. The van der Waals surface area contributed by atoms with E-state index in [9.17, 15) is 18.0 Å². The van der Waals surface area contributed by atoms with Crippen LogP contribution in [0.1, 0.15) is 45.0 Å². The van der Waals surface area contributed by atoms with Gasteiger partial charge in [-0.25, -0.2) is 17.9 Å². The van der Waals surface area contributed by atoms with Crippen LogP contribution in [0.15, 0.2) is 47.4 Å². The van der Waals surface area contributed by atoms with Crippen molar-refractivity contribution >= 4 is 39.2 Å². The predicted octanol–water partition coefficient (Wildman–Crippen LogP) is 4.00. The van der Waals surface area contributed by atoms with Crippen molar-refractivity contribution in [3.05, 3.63) is 53.1 Å². The molecule has 0 aliphatic heterocycles. The molecular weight excluding hydrogens is 456 g/mol. The van der Waals surface area contributed by atoms with Crippen molar-refractivity contribution in [3.8, 4) is 5.75 Å². The van der Waals surface area contributed by atoms with Crippen molar-refractivity contribution in [2.75, 3.05) is 11.9 Å². The Morgan fingerprint density at radius 3 is 2.28 bits per heavy atom. The van der Waals surface area contributed by atoms with Crippen LogP contribution in [-0.4, -0.2) is 38.5 Å². The van der Waals surface area contributed by atoms with Gasteiger partial charge in [-0.1, -0.05) is 11.6 Å². The minimum Gasteiger partial charge on any atom is -0.494 e. The van der Waals surface area contributed by atoms with Crippen LogP contribution in [0.4, 0.5) is 5.69 Å². The van der Waals surface area contributed by atoms with Crippen molar-refractivity contribution in [2.24, 2.45) is 0 Å². The topological polar surface area (TPSA) is 111 Å². The molecule has 0 aliphatic carbocycles. The molecule has 2 N–H and O–H groups in total. The smallest absolute Gasteiger partial charge is 0.338 e. The SMILES string of the molecule is CCOc1ccc(NC(=O)C(C)OC(=O)c2ccc(Cl)c(S(=O)(=O)NC(C)(C)C)c2)cc1.